The number of halogens is 1. The summed E-state index contributed by atoms with van der Waals surface area (Å²) in [5, 5.41) is 0.0437. The molecule has 1 aliphatic rings. The molecule has 2 N–H and O–H groups in total. The second-order valence-electron chi connectivity index (χ2n) is 7.70. The van der Waals surface area contributed by atoms with Gasteiger partial charge in [0.1, 0.15) is 0 Å². The van der Waals surface area contributed by atoms with E-state index in [1.54, 1.807) is 12.1 Å². The Morgan fingerprint density at radius 1 is 1.00 bits per heavy atom. The van der Waals surface area contributed by atoms with Crippen LogP contribution in [0.4, 0.5) is 0 Å². The number of Topliss-reactive ketones (excluding diaryl/α,β-unsaturated/α-hetero) is 1. The van der Waals surface area contributed by atoms with E-state index in [1.165, 1.54) is 56.9 Å². The molecule has 170 valence electrons. The molecule has 0 unspecified atom stereocenters. The van der Waals surface area contributed by atoms with Crippen molar-refractivity contribution < 1.29 is 28.6 Å². The van der Waals surface area contributed by atoms with Gasteiger partial charge in [-0.05, 0) is 36.5 Å². The Morgan fingerprint density at radius 2 is 1.69 bits per heavy atom. The molecule has 0 spiro atoms. The highest BCUT2D eigenvalue weighted by atomic mass is 35.5. The Labute approximate surface area is 191 Å². The number of methoxy groups -OCH3 is 1. The van der Waals surface area contributed by atoms with Crippen LogP contribution in [-0.4, -0.2) is 38.0 Å². The van der Waals surface area contributed by atoms with E-state index >= 15 is 0 Å². The fraction of sp³-hybridized carbons (Fsp3) is 0.375. The molecular formula is C24H26ClNO6. The molecule has 8 heteroatoms. The zero-order chi connectivity index (χ0) is 23.1. The monoisotopic (exact) mass is 459 g/mol. The number of primary amides is 1. The van der Waals surface area contributed by atoms with Gasteiger partial charge in [-0.3, -0.25) is 9.59 Å². The molecule has 0 bridgehead atoms. The molecule has 1 aliphatic carbocycles. The predicted octanol–water partition coefficient (Wildman–Crippen LogP) is 4.30. The number of esters is 1. The lowest BCUT2D eigenvalue weighted by atomic mass is 9.84. The molecule has 1 saturated carbocycles. The zero-order valence-corrected chi connectivity index (χ0v) is 18.7. The van der Waals surface area contributed by atoms with Crippen LogP contribution < -0.4 is 15.2 Å². The minimum Gasteiger partial charge on any atom is -0.493 e. The van der Waals surface area contributed by atoms with Crippen molar-refractivity contribution in [2.24, 2.45) is 5.73 Å². The van der Waals surface area contributed by atoms with Crippen LogP contribution in [0.3, 0.4) is 0 Å². The van der Waals surface area contributed by atoms with Crippen LogP contribution in [0.1, 0.15) is 64.3 Å². The van der Waals surface area contributed by atoms with E-state index in [1.807, 2.05) is 12.1 Å². The minimum absolute atomic E-state index is 0.0437. The minimum atomic E-state index is -0.737. The van der Waals surface area contributed by atoms with Crippen LogP contribution in [0.5, 0.6) is 11.5 Å². The van der Waals surface area contributed by atoms with Gasteiger partial charge in [-0.2, -0.15) is 0 Å². The number of hydrogen-bond acceptors (Lipinski definition) is 6. The van der Waals surface area contributed by atoms with Crippen LogP contribution >= 0.6 is 11.6 Å². The molecule has 0 atom stereocenters. The van der Waals surface area contributed by atoms with Gasteiger partial charge in [-0.25, -0.2) is 4.79 Å². The molecule has 0 radical (unpaired) electrons. The highest BCUT2D eigenvalue weighted by Crippen LogP contribution is 2.36. The Morgan fingerprint density at radius 3 is 2.31 bits per heavy atom. The number of hydrogen-bond donors (Lipinski definition) is 1. The lowest BCUT2D eigenvalue weighted by Gasteiger charge is -2.22. The Balaban J connectivity index is 1.61. The van der Waals surface area contributed by atoms with E-state index < -0.39 is 25.1 Å². The molecule has 2 aromatic rings. The molecule has 0 aliphatic heterocycles. The van der Waals surface area contributed by atoms with Gasteiger partial charge in [0, 0.05) is 5.56 Å². The molecule has 0 saturated heterocycles. The average Bonchev–Trinajstić information content (AvgIpc) is 2.81. The van der Waals surface area contributed by atoms with Crippen molar-refractivity contribution in [1.29, 1.82) is 0 Å². The second kappa shape index (κ2) is 11.0. The van der Waals surface area contributed by atoms with E-state index in [4.69, 9.17) is 31.5 Å². The van der Waals surface area contributed by atoms with E-state index in [-0.39, 0.29) is 27.9 Å². The first-order chi connectivity index (χ1) is 15.4. The fourth-order valence-corrected chi connectivity index (χ4v) is 4.06. The summed E-state index contributed by atoms with van der Waals surface area (Å²) in [5.41, 5.74) is 6.89. The van der Waals surface area contributed by atoms with Crippen LogP contribution in [-0.2, 0) is 9.53 Å². The van der Waals surface area contributed by atoms with Gasteiger partial charge in [0.2, 0.25) is 0 Å². The first-order valence-corrected chi connectivity index (χ1v) is 10.9. The van der Waals surface area contributed by atoms with Crippen molar-refractivity contribution in [3.63, 3.8) is 0 Å². The lowest BCUT2D eigenvalue weighted by Crippen LogP contribution is -2.20. The second-order valence-corrected chi connectivity index (χ2v) is 8.11. The fourth-order valence-electron chi connectivity index (χ4n) is 3.80. The number of rotatable bonds is 9. The molecule has 2 aromatic carbocycles. The molecular weight excluding hydrogens is 434 g/mol. The zero-order valence-electron chi connectivity index (χ0n) is 17.9. The van der Waals surface area contributed by atoms with E-state index in [2.05, 4.69) is 0 Å². The Hall–Kier alpha value is -3.06. The van der Waals surface area contributed by atoms with Gasteiger partial charge in [0.15, 0.2) is 30.5 Å². The SMILES string of the molecule is COc1cc(C(=O)OCC(=O)c2ccc(C3CCCCC3)cc2)cc(Cl)c1OCC(N)=O. The van der Waals surface area contributed by atoms with Crippen molar-refractivity contribution in [3.05, 3.63) is 58.1 Å². The highest BCUT2D eigenvalue weighted by Gasteiger charge is 2.19. The molecule has 3 rings (SSSR count). The summed E-state index contributed by atoms with van der Waals surface area (Å²) in [6.07, 6.45) is 6.15. The quantitative estimate of drug-likeness (QED) is 0.442. The number of amides is 1. The van der Waals surface area contributed by atoms with Gasteiger partial charge in [0.05, 0.1) is 17.7 Å². The number of benzene rings is 2. The number of carbonyl (C=O) groups is 3. The van der Waals surface area contributed by atoms with Gasteiger partial charge in [-0.15, -0.1) is 0 Å². The van der Waals surface area contributed by atoms with Crippen LogP contribution in [0.25, 0.3) is 0 Å². The number of ether oxygens (including phenoxy) is 3. The Bertz CT molecular complexity index is 983. The number of carbonyl (C=O) groups excluding carboxylic acids is 3. The van der Waals surface area contributed by atoms with E-state index in [9.17, 15) is 14.4 Å². The summed E-state index contributed by atoms with van der Waals surface area (Å²) in [5.74, 6) is -0.946. The summed E-state index contributed by atoms with van der Waals surface area (Å²) in [4.78, 5) is 35.8. The van der Waals surface area contributed by atoms with Gasteiger partial charge < -0.3 is 19.9 Å². The summed E-state index contributed by atoms with van der Waals surface area (Å²) >= 11 is 6.15. The first-order valence-electron chi connectivity index (χ1n) is 10.5. The third-order valence-electron chi connectivity index (χ3n) is 5.47. The summed E-state index contributed by atoms with van der Waals surface area (Å²) < 4.78 is 15.6. The van der Waals surface area contributed by atoms with Gasteiger partial charge in [-0.1, -0.05) is 55.1 Å². The largest absolute Gasteiger partial charge is 0.493 e. The topological polar surface area (TPSA) is 105 Å². The van der Waals surface area contributed by atoms with E-state index in [0.717, 1.165) is 0 Å². The average molecular weight is 460 g/mol. The summed E-state index contributed by atoms with van der Waals surface area (Å²) in [7, 11) is 1.36. The van der Waals surface area contributed by atoms with Crippen LogP contribution in [0, 0.1) is 0 Å². The summed E-state index contributed by atoms with van der Waals surface area (Å²) in [6.45, 7) is -0.796. The van der Waals surface area contributed by atoms with Crippen molar-refractivity contribution in [3.8, 4) is 11.5 Å². The maximum absolute atomic E-state index is 12.5. The molecule has 1 fully saturated rings. The lowest BCUT2D eigenvalue weighted by molar-refractivity contribution is -0.119. The Kier molecular flexibility index (Phi) is 8.11. The van der Waals surface area contributed by atoms with Crippen LogP contribution in [0.2, 0.25) is 5.02 Å². The van der Waals surface area contributed by atoms with Crippen LogP contribution in [0.15, 0.2) is 36.4 Å². The van der Waals surface area contributed by atoms with Crippen molar-refractivity contribution in [2.45, 2.75) is 38.0 Å². The van der Waals surface area contributed by atoms with Gasteiger partial charge in [0.25, 0.3) is 5.91 Å². The smallest absolute Gasteiger partial charge is 0.338 e. The van der Waals surface area contributed by atoms with Gasteiger partial charge >= 0.3 is 5.97 Å². The van der Waals surface area contributed by atoms with E-state index in [0.29, 0.717) is 11.5 Å². The molecule has 1 amide bonds. The molecule has 32 heavy (non-hydrogen) atoms. The maximum atomic E-state index is 12.5. The van der Waals surface area contributed by atoms with Crippen molar-refractivity contribution in [1.82, 2.24) is 0 Å². The summed E-state index contributed by atoms with van der Waals surface area (Å²) in [6, 6.07) is 10.2. The standard InChI is InChI=1S/C24H26ClNO6/c1-30-21-12-18(11-19(25)23(21)31-14-22(26)28)24(29)32-13-20(27)17-9-7-16(8-10-17)15-5-3-2-4-6-15/h7-12,15H,2-6,13-14H2,1H3,(H2,26,28). The molecule has 0 heterocycles. The normalized spacial score (nSPS) is 13.9. The third-order valence-corrected chi connectivity index (χ3v) is 5.75. The van der Waals surface area contributed by atoms with Crippen molar-refractivity contribution >= 4 is 29.3 Å². The van der Waals surface area contributed by atoms with Crippen molar-refractivity contribution in [2.75, 3.05) is 20.3 Å². The number of nitrogens with two attached hydrogens (primary N) is 1. The predicted molar refractivity (Wildman–Crippen MR) is 120 cm³/mol. The molecule has 7 nitrogen and oxygen atoms in total. The third kappa shape index (κ3) is 6.01. The highest BCUT2D eigenvalue weighted by molar-refractivity contribution is 6.32. The maximum Gasteiger partial charge on any atom is 0.338 e. The number of ketones is 1. The first kappa shape index (κ1) is 23.6. The molecule has 0 aromatic heterocycles.